The Hall–Kier alpha value is -3.52. The molecule has 1 saturated carbocycles. The van der Waals surface area contributed by atoms with Gasteiger partial charge in [0.05, 0.1) is 16.9 Å². The van der Waals surface area contributed by atoms with Crippen LogP contribution in [0, 0.1) is 26.7 Å². The molecule has 0 bridgehead atoms. The van der Waals surface area contributed by atoms with Gasteiger partial charge in [0.1, 0.15) is 6.61 Å². The maximum absolute atomic E-state index is 12.6. The van der Waals surface area contributed by atoms with Crippen molar-refractivity contribution in [1.29, 1.82) is 0 Å². The van der Waals surface area contributed by atoms with Gasteiger partial charge in [-0.05, 0) is 62.9 Å². The summed E-state index contributed by atoms with van der Waals surface area (Å²) in [7, 11) is 0. The molecule has 4 rings (SSSR count). The third-order valence-electron chi connectivity index (χ3n) is 5.57. The number of nitrogens with zero attached hydrogens (tertiary/aromatic N) is 2. The molecule has 0 aliphatic heterocycles. The van der Waals surface area contributed by atoms with E-state index in [-0.39, 0.29) is 24.3 Å². The minimum Gasteiger partial charge on any atom is -0.456 e. The number of benzene rings is 2. The summed E-state index contributed by atoms with van der Waals surface area (Å²) in [5.41, 5.74) is 5.41. The molecule has 0 saturated heterocycles. The van der Waals surface area contributed by atoms with Gasteiger partial charge in [-0.2, -0.15) is 0 Å². The highest BCUT2D eigenvalue weighted by molar-refractivity contribution is 7.14. The Kier molecular flexibility index (Phi) is 6.79. The molecule has 0 spiro atoms. The van der Waals surface area contributed by atoms with Crippen LogP contribution in [0.15, 0.2) is 41.8 Å². The van der Waals surface area contributed by atoms with E-state index in [2.05, 4.69) is 10.3 Å². The number of thiazole rings is 1. The largest absolute Gasteiger partial charge is 0.456 e. The van der Waals surface area contributed by atoms with E-state index in [9.17, 15) is 14.4 Å². The lowest BCUT2D eigenvalue weighted by Gasteiger charge is -2.23. The molecular weight excluding hydrogens is 450 g/mol. The summed E-state index contributed by atoms with van der Waals surface area (Å²) in [6.07, 6.45) is 1.82. The van der Waals surface area contributed by atoms with Crippen LogP contribution >= 0.6 is 11.3 Å². The number of anilines is 3. The van der Waals surface area contributed by atoms with Crippen molar-refractivity contribution in [1.82, 2.24) is 4.98 Å². The fourth-order valence-electron chi connectivity index (χ4n) is 3.91. The predicted molar refractivity (Wildman–Crippen MR) is 133 cm³/mol. The van der Waals surface area contributed by atoms with Gasteiger partial charge in [-0.1, -0.05) is 23.8 Å². The van der Waals surface area contributed by atoms with Crippen LogP contribution in [0.1, 0.15) is 52.5 Å². The Morgan fingerprint density at radius 1 is 1.12 bits per heavy atom. The number of carbonyl (C=O) groups excluding carboxylic acids is 3. The second-order valence-electron chi connectivity index (χ2n) is 8.64. The second-order valence-corrected chi connectivity index (χ2v) is 9.48. The van der Waals surface area contributed by atoms with E-state index < -0.39 is 5.97 Å². The maximum Gasteiger partial charge on any atom is 0.338 e. The number of rotatable bonds is 7. The molecule has 8 heteroatoms. The van der Waals surface area contributed by atoms with E-state index >= 15 is 0 Å². The summed E-state index contributed by atoms with van der Waals surface area (Å²) >= 11 is 1.32. The van der Waals surface area contributed by atoms with Crippen LogP contribution < -0.4 is 10.2 Å². The lowest BCUT2D eigenvalue weighted by molar-refractivity contribution is -0.117. The van der Waals surface area contributed by atoms with Crippen molar-refractivity contribution < 1.29 is 19.1 Å². The number of aryl methyl sites for hydroxylation is 3. The molecule has 1 N–H and O–H groups in total. The van der Waals surface area contributed by atoms with Gasteiger partial charge in [0.25, 0.3) is 0 Å². The molecule has 1 aromatic heterocycles. The van der Waals surface area contributed by atoms with Gasteiger partial charge in [0.15, 0.2) is 5.13 Å². The van der Waals surface area contributed by atoms with Crippen LogP contribution in [0.3, 0.4) is 0 Å². The molecule has 2 amide bonds. The van der Waals surface area contributed by atoms with E-state index in [4.69, 9.17) is 4.74 Å². The van der Waals surface area contributed by atoms with E-state index in [1.165, 1.54) is 18.3 Å². The van der Waals surface area contributed by atoms with Gasteiger partial charge >= 0.3 is 5.97 Å². The third-order valence-corrected chi connectivity index (χ3v) is 6.44. The number of hydrogen-bond donors (Lipinski definition) is 1. The minimum absolute atomic E-state index is 0.0189. The molecule has 3 aromatic rings. The summed E-state index contributed by atoms with van der Waals surface area (Å²) in [5, 5.41) is 5.14. The zero-order valence-electron chi connectivity index (χ0n) is 19.7. The van der Waals surface area contributed by atoms with Crippen LogP contribution in [0.25, 0.3) is 0 Å². The summed E-state index contributed by atoms with van der Waals surface area (Å²) in [5.74, 6) is -0.588. The first-order valence-electron chi connectivity index (χ1n) is 11.1. The molecule has 1 aliphatic carbocycles. The van der Waals surface area contributed by atoms with Gasteiger partial charge in [0.2, 0.25) is 11.8 Å². The zero-order chi connectivity index (χ0) is 24.4. The molecule has 2 aromatic carbocycles. The van der Waals surface area contributed by atoms with E-state index in [0.29, 0.717) is 22.1 Å². The van der Waals surface area contributed by atoms with Gasteiger partial charge in [-0.25, -0.2) is 9.78 Å². The number of ether oxygens (including phenoxy) is 1. The number of hydrogen-bond acceptors (Lipinski definition) is 6. The number of esters is 1. The molecule has 176 valence electrons. The maximum atomic E-state index is 12.6. The van der Waals surface area contributed by atoms with Crippen LogP contribution in [0.4, 0.5) is 16.5 Å². The summed E-state index contributed by atoms with van der Waals surface area (Å²) < 4.78 is 5.45. The Morgan fingerprint density at radius 2 is 1.82 bits per heavy atom. The highest BCUT2D eigenvalue weighted by Crippen LogP contribution is 2.35. The van der Waals surface area contributed by atoms with E-state index in [1.54, 1.807) is 34.5 Å². The standard InChI is InChI=1S/C26H27N3O4S/c1-15-10-16(2)23(17(3)11-15)29(18(4)30)26-28-22(14-34-26)13-33-25(32)20-6-5-7-21(12-20)27-24(31)19-8-9-19/h5-7,10-12,14,19H,8-9,13H2,1-4H3,(H,27,31). The van der Waals surface area contributed by atoms with Crippen LogP contribution in [-0.2, 0) is 20.9 Å². The molecule has 1 heterocycles. The Bertz CT molecular complexity index is 1240. The fourth-order valence-corrected chi connectivity index (χ4v) is 4.77. The lowest BCUT2D eigenvalue weighted by Crippen LogP contribution is -2.24. The summed E-state index contributed by atoms with van der Waals surface area (Å²) in [4.78, 5) is 43.2. The summed E-state index contributed by atoms with van der Waals surface area (Å²) in [6.45, 7) is 7.46. The average Bonchev–Trinajstić information content (AvgIpc) is 3.53. The fraction of sp³-hybridized carbons (Fsp3) is 0.308. The van der Waals surface area contributed by atoms with Gasteiger partial charge in [0, 0.05) is 23.9 Å². The quantitative estimate of drug-likeness (QED) is 0.457. The van der Waals surface area contributed by atoms with Crippen molar-refractivity contribution in [3.63, 3.8) is 0 Å². The Morgan fingerprint density at radius 3 is 2.47 bits per heavy atom. The third kappa shape index (κ3) is 5.34. The highest BCUT2D eigenvalue weighted by atomic mass is 32.1. The zero-order valence-corrected chi connectivity index (χ0v) is 20.5. The molecule has 34 heavy (non-hydrogen) atoms. The molecule has 0 unspecified atom stereocenters. The highest BCUT2D eigenvalue weighted by Gasteiger charge is 2.29. The molecule has 0 atom stereocenters. The van der Waals surface area contributed by atoms with Gasteiger partial charge in [-0.15, -0.1) is 11.3 Å². The first-order valence-corrected chi connectivity index (χ1v) is 12.0. The number of amides is 2. The SMILES string of the molecule is CC(=O)N(c1nc(COC(=O)c2cccc(NC(=O)C3CC3)c2)cs1)c1c(C)cc(C)cc1C. The molecule has 1 aliphatic rings. The first kappa shape index (κ1) is 23.6. The minimum atomic E-state index is -0.509. The average molecular weight is 478 g/mol. The number of carbonyl (C=O) groups is 3. The lowest BCUT2D eigenvalue weighted by atomic mass is 10.0. The molecule has 1 fully saturated rings. The van der Waals surface area contributed by atoms with Crippen molar-refractivity contribution in [3.05, 3.63) is 69.7 Å². The van der Waals surface area contributed by atoms with Gasteiger partial charge < -0.3 is 10.1 Å². The monoisotopic (exact) mass is 477 g/mol. The van der Waals surface area contributed by atoms with Crippen molar-refractivity contribution in [2.24, 2.45) is 5.92 Å². The smallest absolute Gasteiger partial charge is 0.338 e. The molecule has 7 nitrogen and oxygen atoms in total. The topological polar surface area (TPSA) is 88.6 Å². The van der Waals surface area contributed by atoms with Crippen molar-refractivity contribution >= 4 is 45.6 Å². The number of aromatic nitrogens is 1. The van der Waals surface area contributed by atoms with E-state index in [0.717, 1.165) is 35.2 Å². The van der Waals surface area contributed by atoms with Crippen molar-refractivity contribution in [3.8, 4) is 0 Å². The Labute approximate surface area is 202 Å². The van der Waals surface area contributed by atoms with Crippen LogP contribution in [0.5, 0.6) is 0 Å². The summed E-state index contributed by atoms with van der Waals surface area (Å²) in [6, 6.07) is 10.8. The molecule has 0 radical (unpaired) electrons. The normalized spacial score (nSPS) is 12.8. The van der Waals surface area contributed by atoms with Crippen LogP contribution in [-0.4, -0.2) is 22.8 Å². The van der Waals surface area contributed by atoms with Crippen LogP contribution in [0.2, 0.25) is 0 Å². The van der Waals surface area contributed by atoms with Gasteiger partial charge in [-0.3, -0.25) is 14.5 Å². The predicted octanol–water partition coefficient (Wildman–Crippen LogP) is 5.46. The van der Waals surface area contributed by atoms with Crippen molar-refractivity contribution in [2.75, 3.05) is 10.2 Å². The van der Waals surface area contributed by atoms with E-state index in [1.807, 2.05) is 32.9 Å². The number of nitrogens with one attached hydrogen (secondary N) is 1. The second kappa shape index (κ2) is 9.77. The first-order chi connectivity index (χ1) is 16.2. The Balaban J connectivity index is 1.45. The molecular formula is C26H27N3O4S. The van der Waals surface area contributed by atoms with Crippen molar-refractivity contribution in [2.45, 2.75) is 47.1 Å².